The largest absolute Gasteiger partial charge is 0.444 e. The Kier molecular flexibility index (Phi) is 11.2. The third-order valence-corrected chi connectivity index (χ3v) is 11.0. The number of alkyl halides is 3. The van der Waals surface area contributed by atoms with E-state index in [4.69, 9.17) is 21.5 Å². The van der Waals surface area contributed by atoms with Crippen molar-refractivity contribution < 1.29 is 39.5 Å². The van der Waals surface area contributed by atoms with Gasteiger partial charge in [-0.05, 0) is 75.6 Å². The fourth-order valence-electron chi connectivity index (χ4n) is 5.25. The van der Waals surface area contributed by atoms with E-state index in [1.807, 2.05) is 0 Å². The molecule has 0 spiro atoms. The number of carbonyl (C=O) groups excluding carboxylic acids is 1. The normalized spacial score (nSPS) is 15.0. The maximum atomic E-state index is 13.7. The first-order chi connectivity index (χ1) is 24.2. The zero-order valence-corrected chi connectivity index (χ0v) is 30.5. The molecule has 0 bridgehead atoms. The van der Waals surface area contributed by atoms with Crippen molar-refractivity contribution in [1.82, 2.24) is 24.6 Å². The van der Waals surface area contributed by atoms with Crippen LogP contribution in [0.1, 0.15) is 39.2 Å². The lowest BCUT2D eigenvalue weighted by molar-refractivity contribution is -0.115. The number of primary sulfonamides is 1. The second-order valence-electron chi connectivity index (χ2n) is 12.9. The van der Waals surface area contributed by atoms with Gasteiger partial charge in [0.2, 0.25) is 26.0 Å². The van der Waals surface area contributed by atoms with Crippen molar-refractivity contribution >= 4 is 60.5 Å². The lowest BCUT2D eigenvalue weighted by atomic mass is 10.1. The average molecular weight is 785 g/mol. The summed E-state index contributed by atoms with van der Waals surface area (Å²) < 4.78 is 96.9. The molecule has 4 aromatic rings. The number of piperidine rings is 1. The highest BCUT2D eigenvalue weighted by atomic mass is 35.5. The minimum atomic E-state index is -4.59. The molecule has 0 saturated carbocycles. The van der Waals surface area contributed by atoms with Crippen molar-refractivity contribution in [3.63, 3.8) is 0 Å². The number of anilines is 2. The molecule has 0 unspecified atom stereocenters. The molecule has 5 N–H and O–H groups in total. The number of benzene rings is 2. The Balaban J connectivity index is 1.38. The molecule has 0 atom stereocenters. The van der Waals surface area contributed by atoms with Gasteiger partial charge in [-0.25, -0.2) is 36.7 Å². The van der Waals surface area contributed by atoms with Gasteiger partial charge >= 0.3 is 12.3 Å². The van der Waals surface area contributed by atoms with Crippen LogP contribution in [0.3, 0.4) is 0 Å². The molecule has 1 aliphatic heterocycles. The average Bonchev–Trinajstić information content (AvgIpc) is 3.05. The molecule has 0 aliphatic carbocycles. The number of rotatable bonds is 10. The summed E-state index contributed by atoms with van der Waals surface area (Å²) in [5.41, 5.74) is 0.641. The van der Waals surface area contributed by atoms with Gasteiger partial charge in [-0.3, -0.25) is 0 Å². The first-order valence-electron chi connectivity index (χ1n) is 15.8. The number of nitrogens with zero attached hydrogens (tertiary/aromatic N) is 4. The molecule has 20 heteroatoms. The number of aromatic nitrogens is 3. The third-order valence-electron chi connectivity index (χ3n) is 7.72. The van der Waals surface area contributed by atoms with Crippen LogP contribution >= 0.6 is 11.6 Å². The Morgan fingerprint density at radius 1 is 0.962 bits per heavy atom. The Morgan fingerprint density at radius 2 is 1.63 bits per heavy atom. The van der Waals surface area contributed by atoms with E-state index in [2.05, 4.69) is 30.9 Å². The Morgan fingerprint density at radius 3 is 2.25 bits per heavy atom. The van der Waals surface area contributed by atoms with Gasteiger partial charge < -0.3 is 20.7 Å². The molecule has 280 valence electrons. The number of nitrogens with one attached hydrogen (secondary N) is 3. The number of hydrogen-bond donors (Lipinski definition) is 4. The van der Waals surface area contributed by atoms with E-state index in [1.54, 1.807) is 20.8 Å². The first-order valence-corrected chi connectivity index (χ1v) is 19.2. The molecular weight excluding hydrogens is 749 g/mol. The molecule has 3 heterocycles. The first kappa shape index (κ1) is 38.9. The topological polar surface area (TPSA) is 199 Å². The molecule has 1 fully saturated rings. The Hall–Kier alpha value is -4.30. The molecule has 1 saturated heterocycles. The van der Waals surface area contributed by atoms with Gasteiger partial charge in [-0.1, -0.05) is 29.8 Å². The van der Waals surface area contributed by atoms with Crippen LogP contribution in [-0.2, 0) is 31.3 Å². The van der Waals surface area contributed by atoms with Gasteiger partial charge in [0, 0.05) is 31.2 Å². The summed E-state index contributed by atoms with van der Waals surface area (Å²) in [4.78, 5) is 25.0. The van der Waals surface area contributed by atoms with Crippen LogP contribution in [-0.4, -0.2) is 79.6 Å². The fraction of sp³-hybridized carbons (Fsp3) is 0.375. The number of carbonyl (C=O) groups is 1. The minimum Gasteiger partial charge on any atom is -0.444 e. The van der Waals surface area contributed by atoms with Gasteiger partial charge in [0.1, 0.15) is 22.6 Å². The second kappa shape index (κ2) is 15.0. The zero-order chi connectivity index (χ0) is 38.1. The third kappa shape index (κ3) is 9.97. The van der Waals surface area contributed by atoms with E-state index in [9.17, 15) is 34.8 Å². The number of sulfonamides is 2. The summed E-state index contributed by atoms with van der Waals surface area (Å²) in [6.07, 6.45) is -4.49. The van der Waals surface area contributed by atoms with Crippen LogP contribution in [0.5, 0.6) is 0 Å². The Labute approximate surface area is 303 Å². The monoisotopic (exact) mass is 784 g/mol. The molecule has 5 rings (SSSR count). The molecule has 14 nitrogen and oxygen atoms in total. The molecule has 52 heavy (non-hydrogen) atoms. The van der Waals surface area contributed by atoms with Gasteiger partial charge in [-0.2, -0.15) is 22.5 Å². The van der Waals surface area contributed by atoms with Crippen LogP contribution in [0.2, 0.25) is 5.02 Å². The number of fused-ring (bicyclic) bond motifs is 1. The van der Waals surface area contributed by atoms with Crippen LogP contribution < -0.4 is 21.1 Å². The van der Waals surface area contributed by atoms with E-state index < -0.39 is 44.5 Å². The van der Waals surface area contributed by atoms with E-state index in [0.29, 0.717) is 24.0 Å². The van der Waals surface area contributed by atoms with E-state index in [0.717, 1.165) is 0 Å². The summed E-state index contributed by atoms with van der Waals surface area (Å²) in [5, 5.41) is 13.0. The Bertz CT molecular complexity index is 2180. The van der Waals surface area contributed by atoms with Crippen LogP contribution in [0.25, 0.3) is 22.3 Å². The summed E-state index contributed by atoms with van der Waals surface area (Å²) in [6.45, 7) is 4.12. The number of alkyl carbamates (subject to hydrolysis) is 1. The van der Waals surface area contributed by atoms with E-state index >= 15 is 0 Å². The SMILES string of the molecule is CC(C)(C)OC(=O)NC1CCN(S(=O)(=O)c2cc(-c3ccc4nc(NCc5ccc(S(N)(=O)=O)cc5)nc(NCC(F)(F)F)c4n3)ccc2Cl)CC1. The predicted octanol–water partition coefficient (Wildman–Crippen LogP) is 5.26. The van der Waals surface area contributed by atoms with Crippen molar-refractivity contribution in [2.24, 2.45) is 5.14 Å². The number of nitrogens with two attached hydrogens (primary N) is 1. The highest BCUT2D eigenvalue weighted by molar-refractivity contribution is 7.89. The summed E-state index contributed by atoms with van der Waals surface area (Å²) in [6, 6.07) is 12.7. The van der Waals surface area contributed by atoms with Gasteiger partial charge in [0.05, 0.1) is 21.1 Å². The van der Waals surface area contributed by atoms with E-state index in [-0.39, 0.29) is 69.0 Å². The van der Waals surface area contributed by atoms with E-state index in [1.165, 1.54) is 58.9 Å². The number of amides is 1. The van der Waals surface area contributed by atoms with Crippen molar-refractivity contribution in [3.05, 3.63) is 65.2 Å². The van der Waals surface area contributed by atoms with Crippen molar-refractivity contribution in [3.8, 4) is 11.3 Å². The standard InChI is InChI=1S/C32H36ClF3N8O6S2/c1-31(2,3)50-30(45)40-21-12-14-44(15-13-21)52(48,49)26-16-20(6-9-23(26)33)24-10-11-25-27(41-24)28(39-18-32(34,35)36)43-29(42-25)38-17-19-4-7-22(8-5-19)51(37,46)47/h4-11,16,21H,12-15,17-18H2,1-3H3,(H,40,45)(H2,37,46,47)(H2,38,39,42,43). The molecular formula is C32H36ClF3N8O6S2. The molecule has 2 aromatic heterocycles. The highest BCUT2D eigenvalue weighted by Crippen LogP contribution is 2.33. The summed E-state index contributed by atoms with van der Waals surface area (Å²) in [5.74, 6) is -0.270. The quantitative estimate of drug-likeness (QED) is 0.164. The number of ether oxygens (including phenoxy) is 1. The predicted molar refractivity (Wildman–Crippen MR) is 189 cm³/mol. The zero-order valence-electron chi connectivity index (χ0n) is 28.2. The molecule has 0 radical (unpaired) electrons. The number of halogens is 4. The van der Waals surface area contributed by atoms with Crippen molar-refractivity contribution in [1.29, 1.82) is 0 Å². The lowest BCUT2D eigenvalue weighted by Crippen LogP contribution is -2.47. The minimum absolute atomic E-state index is 0.0104. The van der Waals surface area contributed by atoms with Crippen molar-refractivity contribution in [2.45, 2.75) is 67.8 Å². The lowest BCUT2D eigenvalue weighted by Gasteiger charge is -2.32. The van der Waals surface area contributed by atoms with Gasteiger partial charge in [-0.15, -0.1) is 0 Å². The maximum Gasteiger partial charge on any atom is 0.407 e. The maximum absolute atomic E-state index is 13.7. The molecule has 1 aliphatic rings. The summed E-state index contributed by atoms with van der Waals surface area (Å²) >= 11 is 6.39. The van der Waals surface area contributed by atoms with Gasteiger partial charge in [0.25, 0.3) is 0 Å². The molecule has 1 amide bonds. The second-order valence-corrected chi connectivity index (χ2v) is 16.8. The van der Waals surface area contributed by atoms with Crippen LogP contribution in [0.15, 0.2) is 64.4 Å². The van der Waals surface area contributed by atoms with Crippen LogP contribution in [0.4, 0.5) is 29.7 Å². The number of pyridine rings is 1. The van der Waals surface area contributed by atoms with Crippen molar-refractivity contribution in [2.75, 3.05) is 30.3 Å². The number of hydrogen-bond acceptors (Lipinski definition) is 11. The highest BCUT2D eigenvalue weighted by Gasteiger charge is 2.33. The van der Waals surface area contributed by atoms with Crippen LogP contribution in [0, 0.1) is 0 Å². The van der Waals surface area contributed by atoms with Gasteiger partial charge in [0.15, 0.2) is 5.82 Å². The molecule has 2 aromatic carbocycles. The fourth-order valence-corrected chi connectivity index (χ4v) is 7.74. The smallest absolute Gasteiger partial charge is 0.407 e. The summed E-state index contributed by atoms with van der Waals surface area (Å²) in [7, 11) is -7.99.